The molecule has 0 saturated heterocycles. The Kier molecular flexibility index (Phi) is 5.72. The third-order valence-electron chi connectivity index (χ3n) is 6.31. The van der Waals surface area contributed by atoms with Crippen LogP contribution in [0.4, 0.5) is 13.2 Å². The quantitative estimate of drug-likeness (QED) is 0.588. The fraction of sp³-hybridized carbons (Fsp3) is 0.400. The Hall–Kier alpha value is -2.56. The molecular formula is C25H27F3N2. The Labute approximate surface area is 175 Å². The largest absolute Gasteiger partial charge is 0.416 e. The van der Waals surface area contributed by atoms with Crippen LogP contribution in [0.5, 0.6) is 0 Å². The minimum atomic E-state index is -4.37. The lowest BCUT2D eigenvalue weighted by Gasteiger charge is -2.33. The molecule has 1 fully saturated rings. The molecule has 2 aliphatic rings. The first-order valence-corrected chi connectivity index (χ1v) is 10.6. The van der Waals surface area contributed by atoms with Gasteiger partial charge in [0.25, 0.3) is 0 Å². The highest BCUT2D eigenvalue weighted by molar-refractivity contribution is 5.76. The average molecular weight is 412 g/mol. The second-order valence-electron chi connectivity index (χ2n) is 8.50. The van der Waals surface area contributed by atoms with Crippen molar-refractivity contribution in [2.75, 3.05) is 0 Å². The number of halogens is 3. The van der Waals surface area contributed by atoms with E-state index >= 15 is 0 Å². The standard InChI is InChI=1S/C25H27F3N2/c1-16-5-3-8-19(13-16)22-15-21(25(26,27)28)10-9-20(22)14-24-23(11-12-29-24)30-17(2)18-6-4-7-18/h3,5,8-13,15,17-18,24,30H,4,6-7,14H2,1-2H3/t17?,24-/m1/s1. The first-order valence-electron chi connectivity index (χ1n) is 10.6. The van der Waals surface area contributed by atoms with Crippen LogP contribution >= 0.6 is 0 Å². The fourth-order valence-electron chi connectivity index (χ4n) is 4.27. The summed E-state index contributed by atoms with van der Waals surface area (Å²) in [6.07, 6.45) is 3.79. The second-order valence-corrected chi connectivity index (χ2v) is 8.50. The zero-order chi connectivity index (χ0) is 21.3. The van der Waals surface area contributed by atoms with Crippen molar-refractivity contribution in [3.63, 3.8) is 0 Å². The van der Waals surface area contributed by atoms with E-state index in [2.05, 4.69) is 17.2 Å². The van der Waals surface area contributed by atoms with E-state index < -0.39 is 11.7 Å². The van der Waals surface area contributed by atoms with Crippen LogP contribution in [0, 0.1) is 12.8 Å². The Morgan fingerprint density at radius 2 is 1.93 bits per heavy atom. The zero-order valence-corrected chi connectivity index (χ0v) is 17.3. The molecule has 1 heterocycles. The van der Waals surface area contributed by atoms with Crippen LogP contribution in [0.2, 0.25) is 0 Å². The van der Waals surface area contributed by atoms with Gasteiger partial charge in [0.15, 0.2) is 0 Å². The molecule has 5 heteroatoms. The van der Waals surface area contributed by atoms with E-state index in [1.807, 2.05) is 37.3 Å². The van der Waals surface area contributed by atoms with Gasteiger partial charge in [0.1, 0.15) is 0 Å². The summed E-state index contributed by atoms with van der Waals surface area (Å²) in [4.78, 5) is 4.59. The van der Waals surface area contributed by atoms with Crippen molar-refractivity contribution in [2.24, 2.45) is 10.9 Å². The van der Waals surface area contributed by atoms with Crippen LogP contribution in [0.25, 0.3) is 11.1 Å². The van der Waals surface area contributed by atoms with Gasteiger partial charge in [0.2, 0.25) is 0 Å². The summed E-state index contributed by atoms with van der Waals surface area (Å²) in [6, 6.07) is 12.0. The van der Waals surface area contributed by atoms with Crippen molar-refractivity contribution in [1.29, 1.82) is 0 Å². The Morgan fingerprint density at radius 1 is 1.13 bits per heavy atom. The molecule has 4 rings (SSSR count). The van der Waals surface area contributed by atoms with Crippen molar-refractivity contribution in [2.45, 2.75) is 57.8 Å². The predicted molar refractivity (Wildman–Crippen MR) is 116 cm³/mol. The van der Waals surface area contributed by atoms with Crippen molar-refractivity contribution in [3.8, 4) is 11.1 Å². The van der Waals surface area contributed by atoms with Crippen LogP contribution in [0.15, 0.2) is 59.2 Å². The molecule has 158 valence electrons. The van der Waals surface area contributed by atoms with E-state index in [1.165, 1.54) is 31.4 Å². The van der Waals surface area contributed by atoms with Gasteiger partial charge in [-0.15, -0.1) is 0 Å². The molecule has 0 bridgehead atoms. The molecule has 1 N–H and O–H groups in total. The number of nitrogens with one attached hydrogen (secondary N) is 1. The number of hydrogen-bond acceptors (Lipinski definition) is 2. The molecule has 1 aliphatic carbocycles. The minimum Gasteiger partial charge on any atom is -0.384 e. The van der Waals surface area contributed by atoms with Gasteiger partial charge in [-0.1, -0.05) is 42.3 Å². The van der Waals surface area contributed by atoms with Crippen molar-refractivity contribution in [3.05, 3.63) is 70.9 Å². The molecule has 0 spiro atoms. The van der Waals surface area contributed by atoms with Gasteiger partial charge >= 0.3 is 6.18 Å². The molecular weight excluding hydrogens is 385 g/mol. The van der Waals surface area contributed by atoms with Gasteiger partial charge in [-0.05, 0) is 67.5 Å². The number of aliphatic imine (C=N–C) groups is 1. The van der Waals surface area contributed by atoms with E-state index in [-0.39, 0.29) is 6.04 Å². The van der Waals surface area contributed by atoms with Crippen LogP contribution in [-0.4, -0.2) is 18.3 Å². The lowest BCUT2D eigenvalue weighted by atomic mass is 9.80. The normalized spacial score (nSPS) is 20.0. The number of hydrogen-bond donors (Lipinski definition) is 1. The second kappa shape index (κ2) is 8.29. The predicted octanol–water partition coefficient (Wildman–Crippen LogP) is 6.34. The number of aryl methyl sites for hydroxylation is 1. The van der Waals surface area contributed by atoms with E-state index in [9.17, 15) is 13.2 Å². The Balaban J connectivity index is 1.61. The molecule has 1 saturated carbocycles. The van der Waals surface area contributed by atoms with Crippen molar-refractivity contribution < 1.29 is 13.2 Å². The lowest BCUT2D eigenvalue weighted by molar-refractivity contribution is -0.137. The first kappa shape index (κ1) is 20.7. The molecule has 1 aliphatic heterocycles. The highest BCUT2D eigenvalue weighted by atomic mass is 19.4. The van der Waals surface area contributed by atoms with Gasteiger partial charge in [0.05, 0.1) is 11.6 Å². The number of allylic oxidation sites excluding steroid dienone is 1. The molecule has 1 unspecified atom stereocenters. The molecule has 2 atom stereocenters. The Bertz CT molecular complexity index is 971. The first-order chi connectivity index (χ1) is 14.3. The fourth-order valence-corrected chi connectivity index (χ4v) is 4.27. The molecule has 0 amide bonds. The summed E-state index contributed by atoms with van der Waals surface area (Å²) >= 11 is 0. The van der Waals surface area contributed by atoms with Crippen molar-refractivity contribution in [1.82, 2.24) is 5.32 Å². The van der Waals surface area contributed by atoms with Crippen molar-refractivity contribution >= 4 is 6.21 Å². The van der Waals surface area contributed by atoms with Crippen LogP contribution in [0.1, 0.15) is 42.9 Å². The lowest BCUT2D eigenvalue weighted by Crippen LogP contribution is -2.38. The number of alkyl halides is 3. The average Bonchev–Trinajstić information content (AvgIpc) is 3.06. The smallest absolute Gasteiger partial charge is 0.384 e. The minimum absolute atomic E-state index is 0.0900. The monoisotopic (exact) mass is 412 g/mol. The molecule has 2 aromatic carbocycles. The SMILES string of the molecule is Cc1cccc(-c2cc(C(F)(F)F)ccc2C[C@H]2N=CC=C2NC(C)C2CCC2)c1. The van der Waals surface area contributed by atoms with Crippen LogP contribution in [-0.2, 0) is 12.6 Å². The third kappa shape index (κ3) is 4.45. The molecule has 2 aromatic rings. The van der Waals surface area contributed by atoms with Gasteiger partial charge in [-0.2, -0.15) is 13.2 Å². The summed E-state index contributed by atoms with van der Waals surface area (Å²) in [5.74, 6) is 0.695. The maximum atomic E-state index is 13.4. The molecule has 0 radical (unpaired) electrons. The van der Waals surface area contributed by atoms with Gasteiger partial charge in [0, 0.05) is 24.4 Å². The molecule has 0 aromatic heterocycles. The highest BCUT2D eigenvalue weighted by Crippen LogP contribution is 2.36. The summed E-state index contributed by atoms with van der Waals surface area (Å²) < 4.78 is 40.1. The van der Waals surface area contributed by atoms with E-state index in [4.69, 9.17) is 0 Å². The van der Waals surface area contributed by atoms with Gasteiger partial charge < -0.3 is 5.32 Å². The summed E-state index contributed by atoms with van der Waals surface area (Å²) in [5, 5.41) is 3.61. The zero-order valence-electron chi connectivity index (χ0n) is 17.3. The van der Waals surface area contributed by atoms with E-state index in [1.54, 1.807) is 12.3 Å². The number of rotatable bonds is 6. The summed E-state index contributed by atoms with van der Waals surface area (Å²) in [5.41, 5.74) is 3.77. The summed E-state index contributed by atoms with van der Waals surface area (Å²) in [7, 11) is 0. The van der Waals surface area contributed by atoms with Gasteiger partial charge in [-0.25, -0.2) is 0 Å². The maximum Gasteiger partial charge on any atom is 0.416 e. The molecule has 2 nitrogen and oxygen atoms in total. The Morgan fingerprint density at radius 3 is 2.60 bits per heavy atom. The molecule has 30 heavy (non-hydrogen) atoms. The highest BCUT2D eigenvalue weighted by Gasteiger charge is 2.32. The topological polar surface area (TPSA) is 24.4 Å². The maximum absolute atomic E-state index is 13.4. The van der Waals surface area contributed by atoms with Crippen LogP contribution in [0.3, 0.4) is 0 Å². The van der Waals surface area contributed by atoms with E-state index in [0.717, 1.165) is 22.4 Å². The van der Waals surface area contributed by atoms with Gasteiger partial charge in [-0.3, -0.25) is 4.99 Å². The number of benzene rings is 2. The third-order valence-corrected chi connectivity index (χ3v) is 6.31. The summed E-state index contributed by atoms with van der Waals surface area (Å²) in [6.45, 7) is 4.15. The van der Waals surface area contributed by atoms with Crippen LogP contribution < -0.4 is 5.32 Å². The van der Waals surface area contributed by atoms with E-state index in [0.29, 0.717) is 23.9 Å². The number of nitrogens with zero attached hydrogens (tertiary/aromatic N) is 1.